The number of amides is 2. The average molecular weight is 290 g/mol. The molecule has 5 heteroatoms. The molecular weight excluding hydrogens is 268 g/mol. The van der Waals surface area contributed by atoms with E-state index in [2.05, 4.69) is 10.6 Å². The van der Waals surface area contributed by atoms with Crippen molar-refractivity contribution in [2.45, 2.75) is 40.0 Å². The fourth-order valence-electron chi connectivity index (χ4n) is 2.85. The first-order chi connectivity index (χ1) is 9.84. The molecule has 1 saturated carbocycles. The monoisotopic (exact) mass is 290 g/mol. The van der Waals surface area contributed by atoms with Crippen molar-refractivity contribution in [1.82, 2.24) is 5.32 Å². The standard InChI is InChI=1S/C16H22N2O3/c1-10-7-11(2)13(12(3)8-10)18-15(21)17-9-16(14(19)20)5-4-6-16/h7-8H,4-6,9H2,1-3H3,(H,19,20)(H2,17,18,21). The highest BCUT2D eigenvalue weighted by Crippen LogP contribution is 2.40. The number of anilines is 1. The Morgan fingerprint density at radius 3 is 2.19 bits per heavy atom. The predicted molar refractivity (Wildman–Crippen MR) is 81.6 cm³/mol. The summed E-state index contributed by atoms with van der Waals surface area (Å²) in [5.74, 6) is -0.822. The van der Waals surface area contributed by atoms with Crippen molar-refractivity contribution in [3.63, 3.8) is 0 Å². The molecule has 1 aliphatic rings. The lowest BCUT2D eigenvalue weighted by Crippen LogP contribution is -2.48. The van der Waals surface area contributed by atoms with Crippen LogP contribution in [0.25, 0.3) is 0 Å². The van der Waals surface area contributed by atoms with Crippen LogP contribution in [-0.4, -0.2) is 23.7 Å². The number of benzene rings is 1. The van der Waals surface area contributed by atoms with E-state index in [-0.39, 0.29) is 12.6 Å². The molecule has 0 aliphatic heterocycles. The maximum atomic E-state index is 12.0. The van der Waals surface area contributed by atoms with Gasteiger partial charge in [-0.05, 0) is 44.7 Å². The van der Waals surface area contributed by atoms with Crippen LogP contribution >= 0.6 is 0 Å². The second kappa shape index (κ2) is 5.76. The van der Waals surface area contributed by atoms with Gasteiger partial charge in [0, 0.05) is 12.2 Å². The maximum Gasteiger partial charge on any atom is 0.319 e. The molecule has 0 bridgehead atoms. The molecule has 0 heterocycles. The van der Waals surface area contributed by atoms with Gasteiger partial charge in [-0.2, -0.15) is 0 Å². The Bertz CT molecular complexity index is 554. The number of carboxylic acids is 1. The quantitative estimate of drug-likeness (QED) is 0.797. The molecule has 0 atom stereocenters. The number of nitrogens with one attached hydrogen (secondary N) is 2. The second-order valence-corrected chi connectivity index (χ2v) is 6.02. The van der Waals surface area contributed by atoms with Crippen molar-refractivity contribution in [3.8, 4) is 0 Å². The molecule has 2 rings (SSSR count). The number of urea groups is 1. The highest BCUT2D eigenvalue weighted by molar-refractivity contribution is 5.91. The van der Waals surface area contributed by atoms with Gasteiger partial charge in [-0.3, -0.25) is 4.79 Å². The highest BCUT2D eigenvalue weighted by Gasteiger charge is 2.44. The third-order valence-corrected chi connectivity index (χ3v) is 4.27. The number of hydrogen-bond acceptors (Lipinski definition) is 2. The molecule has 0 aromatic heterocycles. The van der Waals surface area contributed by atoms with Crippen LogP contribution in [0, 0.1) is 26.2 Å². The minimum atomic E-state index is -0.822. The minimum Gasteiger partial charge on any atom is -0.481 e. The van der Waals surface area contributed by atoms with E-state index >= 15 is 0 Å². The van der Waals surface area contributed by atoms with Crippen LogP contribution in [0.2, 0.25) is 0 Å². The number of carbonyl (C=O) groups is 2. The number of hydrogen-bond donors (Lipinski definition) is 3. The third kappa shape index (κ3) is 3.17. The zero-order valence-electron chi connectivity index (χ0n) is 12.7. The first-order valence-corrected chi connectivity index (χ1v) is 7.20. The van der Waals surface area contributed by atoms with Gasteiger partial charge < -0.3 is 15.7 Å². The Morgan fingerprint density at radius 2 is 1.76 bits per heavy atom. The highest BCUT2D eigenvalue weighted by atomic mass is 16.4. The van der Waals surface area contributed by atoms with Gasteiger partial charge in [0.15, 0.2) is 0 Å². The maximum absolute atomic E-state index is 12.0. The summed E-state index contributed by atoms with van der Waals surface area (Å²) in [6.45, 7) is 6.08. The molecule has 21 heavy (non-hydrogen) atoms. The summed E-state index contributed by atoms with van der Waals surface area (Å²) in [6.07, 6.45) is 2.17. The van der Waals surface area contributed by atoms with Gasteiger partial charge in [0.25, 0.3) is 0 Å². The molecular formula is C16H22N2O3. The van der Waals surface area contributed by atoms with Gasteiger partial charge in [0.05, 0.1) is 5.41 Å². The van der Waals surface area contributed by atoms with Crippen molar-refractivity contribution < 1.29 is 14.7 Å². The van der Waals surface area contributed by atoms with E-state index in [1.165, 1.54) is 0 Å². The van der Waals surface area contributed by atoms with Crippen LogP contribution in [0.1, 0.15) is 36.0 Å². The Morgan fingerprint density at radius 1 is 1.19 bits per heavy atom. The minimum absolute atomic E-state index is 0.179. The molecule has 3 N–H and O–H groups in total. The summed E-state index contributed by atoms with van der Waals surface area (Å²) in [6, 6.07) is 3.66. The lowest BCUT2D eigenvalue weighted by molar-refractivity contribution is -0.153. The SMILES string of the molecule is Cc1cc(C)c(NC(=O)NCC2(C(=O)O)CCC2)c(C)c1. The van der Waals surface area contributed by atoms with Crippen molar-refractivity contribution >= 4 is 17.7 Å². The lowest BCUT2D eigenvalue weighted by atomic mass is 9.69. The van der Waals surface area contributed by atoms with E-state index in [4.69, 9.17) is 0 Å². The molecule has 114 valence electrons. The Balaban J connectivity index is 1.98. The Kier molecular flexibility index (Phi) is 4.21. The summed E-state index contributed by atoms with van der Waals surface area (Å²) in [5, 5.41) is 14.7. The molecule has 1 aliphatic carbocycles. The van der Waals surface area contributed by atoms with Gasteiger partial charge >= 0.3 is 12.0 Å². The molecule has 1 aromatic carbocycles. The van der Waals surface area contributed by atoms with Crippen LogP contribution < -0.4 is 10.6 Å². The van der Waals surface area contributed by atoms with E-state index in [0.29, 0.717) is 12.8 Å². The summed E-state index contributed by atoms with van der Waals surface area (Å²) in [4.78, 5) is 23.2. The fourth-order valence-corrected chi connectivity index (χ4v) is 2.85. The van der Waals surface area contributed by atoms with Gasteiger partial charge in [0.2, 0.25) is 0 Å². The van der Waals surface area contributed by atoms with E-state index < -0.39 is 11.4 Å². The van der Waals surface area contributed by atoms with Crippen molar-refractivity contribution in [1.29, 1.82) is 0 Å². The Labute approximate surface area is 124 Å². The molecule has 0 spiro atoms. The van der Waals surface area contributed by atoms with Gasteiger partial charge in [-0.15, -0.1) is 0 Å². The van der Waals surface area contributed by atoms with Crippen molar-refractivity contribution in [2.75, 3.05) is 11.9 Å². The molecule has 1 aromatic rings. The van der Waals surface area contributed by atoms with Crippen LogP contribution in [-0.2, 0) is 4.79 Å². The molecule has 0 radical (unpaired) electrons. The fraction of sp³-hybridized carbons (Fsp3) is 0.500. The molecule has 2 amide bonds. The van der Waals surface area contributed by atoms with Crippen LogP contribution in [0.3, 0.4) is 0 Å². The van der Waals surface area contributed by atoms with E-state index in [1.54, 1.807) is 0 Å². The summed E-state index contributed by atoms with van der Waals surface area (Å²) in [7, 11) is 0. The zero-order valence-corrected chi connectivity index (χ0v) is 12.7. The smallest absolute Gasteiger partial charge is 0.319 e. The second-order valence-electron chi connectivity index (χ2n) is 6.02. The molecule has 5 nitrogen and oxygen atoms in total. The van der Waals surface area contributed by atoms with Crippen LogP contribution in [0.15, 0.2) is 12.1 Å². The number of carboxylic acid groups (broad SMARTS) is 1. The summed E-state index contributed by atoms with van der Waals surface area (Å²) < 4.78 is 0. The number of aryl methyl sites for hydroxylation is 3. The lowest BCUT2D eigenvalue weighted by Gasteiger charge is -2.37. The van der Waals surface area contributed by atoms with Gasteiger partial charge in [-0.1, -0.05) is 24.1 Å². The van der Waals surface area contributed by atoms with Crippen molar-refractivity contribution in [3.05, 3.63) is 28.8 Å². The van der Waals surface area contributed by atoms with Crippen molar-refractivity contribution in [2.24, 2.45) is 5.41 Å². The zero-order chi connectivity index (χ0) is 15.6. The molecule has 0 saturated heterocycles. The first kappa shape index (κ1) is 15.4. The van der Waals surface area contributed by atoms with Crippen LogP contribution in [0.4, 0.5) is 10.5 Å². The number of carbonyl (C=O) groups excluding carboxylic acids is 1. The number of aliphatic carboxylic acids is 1. The average Bonchev–Trinajstić information content (AvgIpc) is 2.31. The summed E-state index contributed by atoms with van der Waals surface area (Å²) >= 11 is 0. The third-order valence-electron chi connectivity index (χ3n) is 4.27. The van der Waals surface area contributed by atoms with E-state index in [0.717, 1.165) is 28.8 Å². The Hall–Kier alpha value is -2.04. The molecule has 0 unspecified atom stereocenters. The van der Waals surface area contributed by atoms with Crippen LogP contribution in [0.5, 0.6) is 0 Å². The predicted octanol–water partition coefficient (Wildman–Crippen LogP) is 2.99. The van der Waals surface area contributed by atoms with Gasteiger partial charge in [0.1, 0.15) is 0 Å². The summed E-state index contributed by atoms with van der Waals surface area (Å²) in [5.41, 5.74) is 3.17. The normalized spacial score (nSPS) is 16.0. The van der Waals surface area contributed by atoms with Gasteiger partial charge in [-0.25, -0.2) is 4.79 Å². The molecule has 1 fully saturated rings. The van der Waals surface area contributed by atoms with E-state index in [1.807, 2.05) is 32.9 Å². The topological polar surface area (TPSA) is 78.4 Å². The first-order valence-electron chi connectivity index (χ1n) is 7.20. The number of rotatable bonds is 4. The van der Waals surface area contributed by atoms with E-state index in [9.17, 15) is 14.7 Å². The largest absolute Gasteiger partial charge is 0.481 e.